The maximum absolute atomic E-state index is 13.2. The molecule has 6 nitrogen and oxygen atoms in total. The van der Waals surface area contributed by atoms with Crippen LogP contribution in [-0.2, 0) is 0 Å². The van der Waals surface area contributed by atoms with E-state index in [4.69, 9.17) is 0 Å². The van der Waals surface area contributed by atoms with Gasteiger partial charge in [0, 0.05) is 24.2 Å². The maximum Gasteiger partial charge on any atom is 0.273 e. The smallest absolute Gasteiger partial charge is 0.273 e. The zero-order valence-electron chi connectivity index (χ0n) is 10.9. The summed E-state index contributed by atoms with van der Waals surface area (Å²) in [5.74, 6) is -1.28. The Labute approximate surface area is 115 Å². The van der Waals surface area contributed by atoms with Crippen molar-refractivity contribution in [3.05, 3.63) is 39.7 Å². The molecule has 1 atom stereocenters. The van der Waals surface area contributed by atoms with E-state index in [1.165, 1.54) is 0 Å². The van der Waals surface area contributed by atoms with Crippen LogP contribution < -0.4 is 10.6 Å². The van der Waals surface area contributed by atoms with Gasteiger partial charge in [-0.15, -0.1) is 0 Å². The van der Waals surface area contributed by atoms with Gasteiger partial charge in [-0.1, -0.05) is 0 Å². The van der Waals surface area contributed by atoms with Crippen molar-refractivity contribution < 1.29 is 14.1 Å². The molecule has 0 aliphatic carbocycles. The fraction of sp³-hybridized carbons (Fsp3) is 0.462. The molecule has 20 heavy (non-hydrogen) atoms. The van der Waals surface area contributed by atoms with Gasteiger partial charge in [0.1, 0.15) is 5.82 Å². The molecule has 1 saturated heterocycles. The van der Waals surface area contributed by atoms with Crippen molar-refractivity contribution in [2.75, 3.05) is 13.1 Å². The molecule has 1 aromatic rings. The summed E-state index contributed by atoms with van der Waals surface area (Å²) in [6.07, 6.45) is 3.01. The molecule has 0 saturated carbocycles. The van der Waals surface area contributed by atoms with Crippen LogP contribution >= 0.6 is 0 Å². The molecule has 1 fully saturated rings. The number of rotatable bonds is 5. The minimum Gasteiger partial charge on any atom is -0.352 e. The van der Waals surface area contributed by atoms with Crippen molar-refractivity contribution in [1.82, 2.24) is 10.6 Å². The first-order valence-electron chi connectivity index (χ1n) is 6.53. The largest absolute Gasteiger partial charge is 0.352 e. The molecule has 1 aliphatic heterocycles. The third kappa shape index (κ3) is 3.74. The van der Waals surface area contributed by atoms with Crippen molar-refractivity contribution >= 4 is 11.6 Å². The van der Waals surface area contributed by atoms with Gasteiger partial charge in [0.25, 0.3) is 11.6 Å². The van der Waals surface area contributed by atoms with E-state index in [0.717, 1.165) is 44.0 Å². The topological polar surface area (TPSA) is 84.3 Å². The molecule has 2 N–H and O–H groups in total. The first-order chi connectivity index (χ1) is 9.56. The summed E-state index contributed by atoms with van der Waals surface area (Å²) >= 11 is 0. The lowest BCUT2D eigenvalue weighted by atomic mass is 10.1. The molecule has 1 aromatic carbocycles. The predicted molar refractivity (Wildman–Crippen MR) is 71.0 cm³/mol. The maximum atomic E-state index is 13.2. The second-order valence-electron chi connectivity index (χ2n) is 4.79. The number of halogens is 1. The first-order valence-corrected chi connectivity index (χ1v) is 6.53. The molecule has 0 spiro atoms. The number of nitro benzene ring substituents is 1. The summed E-state index contributed by atoms with van der Waals surface area (Å²) in [5, 5.41) is 16.6. The highest BCUT2D eigenvalue weighted by molar-refractivity contribution is 5.94. The standard InChI is InChI=1S/C13H16FN3O3/c14-10-6-9(7-12(8-10)17(19)20)13(18)16-5-3-11-2-1-4-15-11/h6-8,11,15H,1-5H2,(H,16,18)/t11-/m0/s1. The van der Waals surface area contributed by atoms with E-state index in [2.05, 4.69) is 10.6 Å². The molecule has 0 unspecified atom stereocenters. The summed E-state index contributed by atoms with van der Waals surface area (Å²) in [6, 6.07) is 3.26. The third-order valence-corrected chi connectivity index (χ3v) is 3.30. The Morgan fingerprint density at radius 1 is 1.50 bits per heavy atom. The zero-order chi connectivity index (χ0) is 14.5. The Morgan fingerprint density at radius 2 is 2.30 bits per heavy atom. The average molecular weight is 281 g/mol. The van der Waals surface area contributed by atoms with Crippen molar-refractivity contribution in [2.45, 2.75) is 25.3 Å². The number of non-ortho nitro benzene ring substituents is 1. The van der Waals surface area contributed by atoms with E-state index < -0.39 is 22.3 Å². The molecule has 0 bridgehead atoms. The van der Waals surface area contributed by atoms with E-state index in [-0.39, 0.29) is 5.56 Å². The monoisotopic (exact) mass is 281 g/mol. The number of hydrogen-bond donors (Lipinski definition) is 2. The van der Waals surface area contributed by atoms with Crippen LogP contribution in [0.3, 0.4) is 0 Å². The van der Waals surface area contributed by atoms with Gasteiger partial charge in [-0.2, -0.15) is 0 Å². The van der Waals surface area contributed by atoms with Gasteiger partial charge in [0.15, 0.2) is 0 Å². The van der Waals surface area contributed by atoms with Gasteiger partial charge in [-0.3, -0.25) is 14.9 Å². The molecule has 0 aromatic heterocycles. The van der Waals surface area contributed by atoms with Crippen LogP contribution in [-0.4, -0.2) is 30.0 Å². The van der Waals surface area contributed by atoms with Crippen LogP contribution in [0, 0.1) is 15.9 Å². The van der Waals surface area contributed by atoms with E-state index in [1.807, 2.05) is 0 Å². The third-order valence-electron chi connectivity index (χ3n) is 3.30. The second kappa shape index (κ2) is 6.42. The van der Waals surface area contributed by atoms with Gasteiger partial charge in [0.05, 0.1) is 11.0 Å². The molecule has 0 radical (unpaired) electrons. The number of benzene rings is 1. The van der Waals surface area contributed by atoms with Crippen molar-refractivity contribution in [3.63, 3.8) is 0 Å². The lowest BCUT2D eigenvalue weighted by Gasteiger charge is -2.10. The predicted octanol–water partition coefficient (Wildman–Crippen LogP) is 1.61. The second-order valence-corrected chi connectivity index (χ2v) is 4.79. The molecule has 1 amide bonds. The number of nitrogens with one attached hydrogen (secondary N) is 2. The Balaban J connectivity index is 1.92. The Morgan fingerprint density at radius 3 is 2.95 bits per heavy atom. The Kier molecular flexibility index (Phi) is 4.62. The summed E-state index contributed by atoms with van der Waals surface area (Å²) in [4.78, 5) is 21.7. The average Bonchev–Trinajstić information content (AvgIpc) is 2.91. The van der Waals surface area contributed by atoms with Crippen molar-refractivity contribution in [1.29, 1.82) is 0 Å². The van der Waals surface area contributed by atoms with E-state index in [1.54, 1.807) is 0 Å². The molecular formula is C13H16FN3O3. The molecule has 2 rings (SSSR count). The van der Waals surface area contributed by atoms with Crippen LogP contribution in [0.5, 0.6) is 0 Å². The first kappa shape index (κ1) is 14.4. The zero-order valence-corrected chi connectivity index (χ0v) is 10.9. The molecule has 1 heterocycles. The van der Waals surface area contributed by atoms with E-state index in [0.29, 0.717) is 12.6 Å². The quantitative estimate of drug-likeness (QED) is 0.634. The molecule has 108 valence electrons. The van der Waals surface area contributed by atoms with Crippen LogP contribution in [0.2, 0.25) is 0 Å². The highest BCUT2D eigenvalue weighted by atomic mass is 19.1. The lowest BCUT2D eigenvalue weighted by molar-refractivity contribution is -0.385. The number of nitro groups is 1. The number of amides is 1. The van der Waals surface area contributed by atoms with Gasteiger partial charge in [-0.05, 0) is 31.9 Å². The number of hydrogen-bond acceptors (Lipinski definition) is 4. The SMILES string of the molecule is O=C(NCC[C@@H]1CCCN1)c1cc(F)cc([N+](=O)[O-])c1. The Hall–Kier alpha value is -2.02. The normalized spacial score (nSPS) is 17.9. The highest BCUT2D eigenvalue weighted by Gasteiger charge is 2.16. The summed E-state index contributed by atoms with van der Waals surface area (Å²) in [5.41, 5.74) is -0.455. The highest BCUT2D eigenvalue weighted by Crippen LogP contribution is 2.16. The number of nitrogens with zero attached hydrogens (tertiary/aromatic N) is 1. The van der Waals surface area contributed by atoms with Crippen molar-refractivity contribution in [3.8, 4) is 0 Å². The number of carbonyl (C=O) groups is 1. The van der Waals surface area contributed by atoms with E-state index in [9.17, 15) is 19.3 Å². The summed E-state index contributed by atoms with van der Waals surface area (Å²) in [6.45, 7) is 1.45. The Bertz CT molecular complexity index is 516. The molecular weight excluding hydrogens is 265 g/mol. The van der Waals surface area contributed by atoms with Crippen molar-refractivity contribution in [2.24, 2.45) is 0 Å². The van der Waals surface area contributed by atoms with Gasteiger partial charge in [0.2, 0.25) is 0 Å². The lowest BCUT2D eigenvalue weighted by Crippen LogP contribution is -2.30. The fourth-order valence-electron chi connectivity index (χ4n) is 2.28. The molecule has 7 heteroatoms. The minimum atomic E-state index is -0.790. The summed E-state index contributed by atoms with van der Waals surface area (Å²) < 4.78 is 13.2. The van der Waals surface area contributed by atoms with E-state index >= 15 is 0 Å². The van der Waals surface area contributed by atoms with Crippen LogP contribution in [0.4, 0.5) is 10.1 Å². The van der Waals surface area contributed by atoms with Crippen LogP contribution in [0.25, 0.3) is 0 Å². The van der Waals surface area contributed by atoms with Crippen LogP contribution in [0.1, 0.15) is 29.6 Å². The minimum absolute atomic E-state index is 0.0314. The number of carbonyl (C=O) groups excluding carboxylic acids is 1. The molecule has 1 aliphatic rings. The van der Waals surface area contributed by atoms with Gasteiger partial charge < -0.3 is 10.6 Å². The van der Waals surface area contributed by atoms with Gasteiger partial charge >= 0.3 is 0 Å². The van der Waals surface area contributed by atoms with Crippen LogP contribution in [0.15, 0.2) is 18.2 Å². The summed E-state index contributed by atoms with van der Waals surface area (Å²) in [7, 11) is 0. The fourth-order valence-corrected chi connectivity index (χ4v) is 2.28. The van der Waals surface area contributed by atoms with Gasteiger partial charge in [-0.25, -0.2) is 4.39 Å².